The zero-order valence-electron chi connectivity index (χ0n) is 11.5. The van der Waals surface area contributed by atoms with E-state index in [4.69, 9.17) is 10.3 Å². The second kappa shape index (κ2) is 6.85. The van der Waals surface area contributed by atoms with Gasteiger partial charge in [0.2, 0.25) is 5.89 Å². The smallest absolute Gasteiger partial charge is 0.231 e. The molecule has 108 valence electrons. The second-order valence-electron chi connectivity index (χ2n) is 4.65. The predicted molar refractivity (Wildman–Crippen MR) is 76.9 cm³/mol. The zero-order valence-corrected chi connectivity index (χ0v) is 12.4. The number of benzene rings is 1. The Bertz CT molecular complexity index is 544. The van der Waals surface area contributed by atoms with Gasteiger partial charge in [0.1, 0.15) is 5.82 Å². The number of rotatable bonds is 6. The van der Waals surface area contributed by atoms with Crippen LogP contribution in [0.4, 0.5) is 4.39 Å². The van der Waals surface area contributed by atoms with Gasteiger partial charge in [-0.15, -0.1) is 11.8 Å². The maximum Gasteiger partial charge on any atom is 0.231 e. The van der Waals surface area contributed by atoms with Crippen molar-refractivity contribution >= 4 is 11.8 Å². The Labute approximate surface area is 121 Å². The lowest BCUT2D eigenvalue weighted by Crippen LogP contribution is -2.25. The lowest BCUT2D eigenvalue weighted by Gasteiger charge is -2.13. The highest BCUT2D eigenvalue weighted by molar-refractivity contribution is 7.98. The van der Waals surface area contributed by atoms with Gasteiger partial charge in [0.05, 0.1) is 11.7 Å². The van der Waals surface area contributed by atoms with E-state index >= 15 is 0 Å². The normalized spacial score (nSPS) is 14.2. The van der Waals surface area contributed by atoms with Crippen LogP contribution in [0.15, 0.2) is 33.7 Å². The molecule has 0 aliphatic heterocycles. The van der Waals surface area contributed by atoms with Crippen molar-refractivity contribution in [2.45, 2.75) is 42.9 Å². The third-order valence-corrected chi connectivity index (χ3v) is 4.18. The summed E-state index contributed by atoms with van der Waals surface area (Å²) in [7, 11) is 0. The fourth-order valence-corrected chi connectivity index (χ4v) is 2.47. The monoisotopic (exact) mass is 295 g/mol. The van der Waals surface area contributed by atoms with Gasteiger partial charge >= 0.3 is 0 Å². The van der Waals surface area contributed by atoms with Crippen LogP contribution in [0.1, 0.15) is 37.9 Å². The maximum absolute atomic E-state index is 12.8. The lowest BCUT2D eigenvalue weighted by molar-refractivity contribution is 0.337. The molecule has 2 aromatic rings. The van der Waals surface area contributed by atoms with Crippen molar-refractivity contribution in [1.29, 1.82) is 0 Å². The van der Waals surface area contributed by atoms with E-state index in [9.17, 15) is 4.39 Å². The molecule has 1 aromatic heterocycles. The van der Waals surface area contributed by atoms with Gasteiger partial charge in [0.25, 0.3) is 0 Å². The highest BCUT2D eigenvalue weighted by Crippen LogP contribution is 2.23. The number of aromatic nitrogens is 2. The first-order valence-corrected chi connectivity index (χ1v) is 7.55. The molecule has 0 spiro atoms. The summed E-state index contributed by atoms with van der Waals surface area (Å²) in [5.41, 5.74) is 5.97. The van der Waals surface area contributed by atoms with Crippen LogP contribution < -0.4 is 5.73 Å². The van der Waals surface area contributed by atoms with Crippen LogP contribution in [0.3, 0.4) is 0 Å². The summed E-state index contributed by atoms with van der Waals surface area (Å²) in [5, 5.41) is 3.95. The Morgan fingerprint density at radius 2 is 2.05 bits per heavy atom. The Hall–Kier alpha value is -1.40. The Kier molecular flexibility index (Phi) is 5.14. The van der Waals surface area contributed by atoms with Crippen LogP contribution >= 0.6 is 11.8 Å². The molecule has 2 rings (SSSR count). The standard InChI is InChI=1S/C14H18FN3OS/c1-3-12(16)9(2)14-17-13(18-19-14)8-20-11-6-4-10(15)5-7-11/h4-7,9,12H,3,8,16H2,1-2H3. The first kappa shape index (κ1) is 15.0. The summed E-state index contributed by atoms with van der Waals surface area (Å²) in [5.74, 6) is 1.61. The molecule has 0 radical (unpaired) electrons. The van der Waals surface area contributed by atoms with E-state index in [2.05, 4.69) is 10.1 Å². The highest BCUT2D eigenvalue weighted by Gasteiger charge is 2.19. The van der Waals surface area contributed by atoms with E-state index < -0.39 is 0 Å². The Morgan fingerprint density at radius 3 is 2.70 bits per heavy atom. The minimum Gasteiger partial charge on any atom is -0.339 e. The minimum absolute atomic E-state index is 0.0213. The number of hydrogen-bond donors (Lipinski definition) is 1. The number of thioether (sulfide) groups is 1. The van der Waals surface area contributed by atoms with Crippen molar-refractivity contribution in [3.63, 3.8) is 0 Å². The Morgan fingerprint density at radius 1 is 1.35 bits per heavy atom. The summed E-state index contributed by atoms with van der Waals surface area (Å²) in [6.07, 6.45) is 0.864. The molecule has 0 fully saturated rings. The van der Waals surface area contributed by atoms with Gasteiger partial charge in [-0.25, -0.2) is 4.39 Å². The van der Waals surface area contributed by atoms with E-state index in [0.29, 0.717) is 17.5 Å². The van der Waals surface area contributed by atoms with Crippen LogP contribution in [0.2, 0.25) is 0 Å². The van der Waals surface area contributed by atoms with Gasteiger partial charge in [0, 0.05) is 10.9 Å². The van der Waals surface area contributed by atoms with Crippen LogP contribution in [0.5, 0.6) is 0 Å². The van der Waals surface area contributed by atoms with E-state index in [-0.39, 0.29) is 17.8 Å². The van der Waals surface area contributed by atoms with Gasteiger partial charge in [-0.05, 0) is 30.7 Å². The SMILES string of the molecule is CCC(N)C(C)c1nc(CSc2ccc(F)cc2)no1. The number of hydrogen-bond acceptors (Lipinski definition) is 5. The predicted octanol–water partition coefficient (Wildman–Crippen LogP) is 3.34. The molecular formula is C14H18FN3OS. The molecule has 1 heterocycles. The molecule has 1 aromatic carbocycles. The summed E-state index contributed by atoms with van der Waals surface area (Å²) in [6, 6.07) is 6.36. The summed E-state index contributed by atoms with van der Waals surface area (Å²) >= 11 is 1.54. The third kappa shape index (κ3) is 3.80. The Balaban J connectivity index is 1.94. The molecule has 0 saturated heterocycles. The second-order valence-corrected chi connectivity index (χ2v) is 5.70. The molecule has 0 amide bonds. The van der Waals surface area contributed by atoms with Crippen molar-refractivity contribution in [2.75, 3.05) is 0 Å². The van der Waals surface area contributed by atoms with Crippen molar-refractivity contribution in [3.05, 3.63) is 41.8 Å². The van der Waals surface area contributed by atoms with E-state index in [0.717, 1.165) is 11.3 Å². The first-order valence-electron chi connectivity index (χ1n) is 6.56. The average Bonchev–Trinajstić information content (AvgIpc) is 2.94. The van der Waals surface area contributed by atoms with Crippen LogP contribution in [-0.2, 0) is 5.75 Å². The first-order chi connectivity index (χ1) is 9.60. The van der Waals surface area contributed by atoms with Crippen LogP contribution in [-0.4, -0.2) is 16.2 Å². The summed E-state index contributed by atoms with van der Waals surface area (Å²) in [4.78, 5) is 5.33. The van der Waals surface area contributed by atoms with Crippen molar-refractivity contribution in [2.24, 2.45) is 5.73 Å². The van der Waals surface area contributed by atoms with E-state index in [1.54, 1.807) is 12.1 Å². The number of nitrogens with zero attached hydrogens (tertiary/aromatic N) is 2. The van der Waals surface area contributed by atoms with Gasteiger partial charge in [-0.1, -0.05) is 19.0 Å². The van der Waals surface area contributed by atoms with Gasteiger partial charge in [-0.3, -0.25) is 0 Å². The molecular weight excluding hydrogens is 277 g/mol. The molecule has 0 aliphatic rings. The maximum atomic E-state index is 12.8. The molecule has 4 nitrogen and oxygen atoms in total. The summed E-state index contributed by atoms with van der Waals surface area (Å²) in [6.45, 7) is 4.02. The van der Waals surface area contributed by atoms with Gasteiger partial charge in [0.15, 0.2) is 5.82 Å². The molecule has 0 aliphatic carbocycles. The average molecular weight is 295 g/mol. The fourth-order valence-electron chi connectivity index (χ4n) is 1.73. The van der Waals surface area contributed by atoms with Crippen molar-refractivity contribution in [3.8, 4) is 0 Å². The fraction of sp³-hybridized carbons (Fsp3) is 0.429. The largest absolute Gasteiger partial charge is 0.339 e. The molecule has 0 bridgehead atoms. The molecule has 20 heavy (non-hydrogen) atoms. The molecule has 2 atom stereocenters. The zero-order chi connectivity index (χ0) is 14.5. The minimum atomic E-state index is -0.237. The molecule has 0 saturated carbocycles. The summed E-state index contributed by atoms with van der Waals surface area (Å²) < 4.78 is 18.0. The molecule has 2 unspecified atom stereocenters. The quantitative estimate of drug-likeness (QED) is 0.828. The van der Waals surface area contributed by atoms with E-state index in [1.165, 1.54) is 23.9 Å². The molecule has 6 heteroatoms. The van der Waals surface area contributed by atoms with Crippen LogP contribution in [0, 0.1) is 5.82 Å². The lowest BCUT2D eigenvalue weighted by atomic mass is 10.0. The highest BCUT2D eigenvalue weighted by atomic mass is 32.2. The topological polar surface area (TPSA) is 64.9 Å². The molecule has 2 N–H and O–H groups in total. The third-order valence-electron chi connectivity index (χ3n) is 3.17. The van der Waals surface area contributed by atoms with Crippen molar-refractivity contribution in [1.82, 2.24) is 10.1 Å². The van der Waals surface area contributed by atoms with Gasteiger partial charge < -0.3 is 10.3 Å². The van der Waals surface area contributed by atoms with Crippen LogP contribution in [0.25, 0.3) is 0 Å². The van der Waals surface area contributed by atoms with E-state index in [1.807, 2.05) is 13.8 Å². The van der Waals surface area contributed by atoms with Crippen molar-refractivity contribution < 1.29 is 8.91 Å². The number of halogens is 1. The van der Waals surface area contributed by atoms with Gasteiger partial charge in [-0.2, -0.15) is 4.98 Å². The number of nitrogens with two attached hydrogens (primary N) is 1.